The summed E-state index contributed by atoms with van der Waals surface area (Å²) >= 11 is 0. The first kappa shape index (κ1) is 22.6. The summed E-state index contributed by atoms with van der Waals surface area (Å²) < 4.78 is 0. The molecule has 9 atom stereocenters. The third-order valence-electron chi connectivity index (χ3n) is 10.7. The van der Waals surface area contributed by atoms with Crippen molar-refractivity contribution in [3.05, 3.63) is 23.8 Å². The fraction of sp³-hybridized carbons (Fsp3) is 0.862. The molecule has 0 heterocycles. The Hall–Kier alpha value is -0.560. The van der Waals surface area contributed by atoms with E-state index in [0.717, 1.165) is 42.4 Å². The van der Waals surface area contributed by atoms with Gasteiger partial charge in [-0.25, -0.2) is 0 Å². The molecule has 0 aromatic rings. The Kier molecular flexibility index (Phi) is 6.35. The molecule has 1 nitrogen and oxygen atoms in total. The molecular formula is C29H48O. The molecule has 3 saturated carbocycles. The summed E-state index contributed by atoms with van der Waals surface area (Å²) in [5, 5.41) is 10.3. The molecule has 4 aliphatic rings. The maximum absolute atomic E-state index is 10.3. The number of fused-ring (bicyclic) bond motifs is 5. The van der Waals surface area contributed by atoms with Crippen molar-refractivity contribution in [3.63, 3.8) is 0 Å². The van der Waals surface area contributed by atoms with Crippen molar-refractivity contribution in [1.29, 1.82) is 0 Å². The highest BCUT2D eigenvalue weighted by Crippen LogP contribution is 2.66. The van der Waals surface area contributed by atoms with Crippen LogP contribution in [0.15, 0.2) is 23.8 Å². The predicted molar refractivity (Wildman–Crippen MR) is 128 cm³/mol. The van der Waals surface area contributed by atoms with Gasteiger partial charge in [-0.3, -0.25) is 0 Å². The van der Waals surface area contributed by atoms with Crippen LogP contribution in [0.25, 0.3) is 0 Å². The van der Waals surface area contributed by atoms with E-state index in [1.54, 1.807) is 0 Å². The van der Waals surface area contributed by atoms with Gasteiger partial charge in [0, 0.05) is 0 Å². The van der Waals surface area contributed by atoms with Gasteiger partial charge in [-0.1, -0.05) is 65.3 Å². The maximum Gasteiger partial charge on any atom is 0.0543 e. The molecular weight excluding hydrogens is 364 g/mol. The molecule has 4 rings (SSSR count). The van der Waals surface area contributed by atoms with E-state index in [1.165, 1.54) is 44.9 Å². The topological polar surface area (TPSA) is 20.2 Å². The monoisotopic (exact) mass is 412 g/mol. The lowest BCUT2D eigenvalue weighted by Gasteiger charge is -2.57. The van der Waals surface area contributed by atoms with Crippen molar-refractivity contribution in [2.45, 2.75) is 105 Å². The molecule has 0 aromatic carbocycles. The minimum absolute atomic E-state index is 0.0480. The van der Waals surface area contributed by atoms with Crippen LogP contribution in [-0.2, 0) is 0 Å². The van der Waals surface area contributed by atoms with Crippen LogP contribution in [0.4, 0.5) is 0 Å². The quantitative estimate of drug-likeness (QED) is 0.457. The lowest BCUT2D eigenvalue weighted by atomic mass is 9.47. The minimum atomic E-state index is -0.0480. The predicted octanol–water partition coefficient (Wildman–Crippen LogP) is 7.80. The van der Waals surface area contributed by atoms with Gasteiger partial charge in [0.1, 0.15) is 0 Å². The molecule has 4 aliphatic carbocycles. The van der Waals surface area contributed by atoms with Crippen molar-refractivity contribution in [2.24, 2.45) is 52.3 Å². The summed E-state index contributed by atoms with van der Waals surface area (Å²) in [5.74, 6) is 5.32. The molecule has 0 amide bonds. The number of aliphatic hydroxyl groups is 1. The standard InChI is InChI=1S/C29H48O/c1-7-21(19(2)3)9-8-20(4)25-12-13-26-24-11-10-22-18-23(30)14-16-28(22,5)27(24)15-17-29(25,26)6/h8-9,11,19-23,25-27,30H,7,10,12-18H2,1-6H3/b9-8-/t20-,21+,22-,23+,25-,26-,27+,28-,29-/m0/s1. The number of hydrogen-bond acceptors (Lipinski definition) is 1. The summed E-state index contributed by atoms with van der Waals surface area (Å²) in [6, 6.07) is 0. The third kappa shape index (κ3) is 3.66. The summed E-state index contributed by atoms with van der Waals surface area (Å²) in [7, 11) is 0. The molecule has 1 heteroatoms. The Morgan fingerprint density at radius 3 is 2.40 bits per heavy atom. The van der Waals surface area contributed by atoms with Gasteiger partial charge in [-0.05, 0) is 110 Å². The lowest BCUT2D eigenvalue weighted by Crippen LogP contribution is -2.49. The van der Waals surface area contributed by atoms with Crippen molar-refractivity contribution < 1.29 is 5.11 Å². The highest BCUT2D eigenvalue weighted by Gasteiger charge is 2.57. The molecule has 0 bridgehead atoms. The molecule has 0 aromatic heterocycles. The molecule has 0 spiro atoms. The normalized spacial score (nSPS) is 45.6. The van der Waals surface area contributed by atoms with Crippen LogP contribution in [-0.4, -0.2) is 11.2 Å². The van der Waals surface area contributed by atoms with Crippen molar-refractivity contribution in [2.75, 3.05) is 0 Å². The molecule has 3 fully saturated rings. The zero-order valence-electron chi connectivity index (χ0n) is 20.7. The second kappa shape index (κ2) is 8.42. The highest BCUT2D eigenvalue weighted by molar-refractivity contribution is 5.28. The number of rotatable bonds is 5. The Labute approximate surface area is 186 Å². The van der Waals surface area contributed by atoms with E-state index >= 15 is 0 Å². The summed E-state index contributed by atoms with van der Waals surface area (Å²) in [6.45, 7) is 14.8. The number of allylic oxidation sites excluding steroid dienone is 4. The Morgan fingerprint density at radius 1 is 1.00 bits per heavy atom. The average molecular weight is 413 g/mol. The molecule has 1 N–H and O–H groups in total. The van der Waals surface area contributed by atoms with Crippen LogP contribution in [0, 0.1) is 52.3 Å². The van der Waals surface area contributed by atoms with Crippen molar-refractivity contribution >= 4 is 0 Å². The van der Waals surface area contributed by atoms with Crippen molar-refractivity contribution in [3.8, 4) is 0 Å². The van der Waals surface area contributed by atoms with E-state index < -0.39 is 0 Å². The van der Waals surface area contributed by atoms with E-state index in [1.807, 2.05) is 5.57 Å². The molecule has 0 radical (unpaired) electrons. The van der Waals surface area contributed by atoms with Crippen LogP contribution in [0.2, 0.25) is 0 Å². The highest BCUT2D eigenvalue weighted by atomic mass is 16.3. The van der Waals surface area contributed by atoms with Crippen LogP contribution >= 0.6 is 0 Å². The van der Waals surface area contributed by atoms with Gasteiger partial charge in [-0.2, -0.15) is 0 Å². The summed E-state index contributed by atoms with van der Waals surface area (Å²) in [4.78, 5) is 0. The van der Waals surface area contributed by atoms with Crippen LogP contribution < -0.4 is 0 Å². The first-order chi connectivity index (χ1) is 14.2. The SMILES string of the molecule is CC[C@H](/C=C\[C@H](C)[C@@H]1CC[C@H]2C3=CC[C@H]4C[C@H](O)CC[C@]4(C)[C@@H]3CC[C@]21C)C(C)C. The molecule has 170 valence electrons. The Morgan fingerprint density at radius 2 is 1.70 bits per heavy atom. The minimum Gasteiger partial charge on any atom is -0.393 e. The summed E-state index contributed by atoms with van der Waals surface area (Å²) in [5.41, 5.74) is 2.79. The number of hydrogen-bond donors (Lipinski definition) is 1. The lowest BCUT2D eigenvalue weighted by molar-refractivity contribution is -0.0414. The second-order valence-corrected chi connectivity index (χ2v) is 12.5. The second-order valence-electron chi connectivity index (χ2n) is 12.5. The zero-order chi connectivity index (χ0) is 21.7. The maximum atomic E-state index is 10.3. The van der Waals surface area contributed by atoms with E-state index in [4.69, 9.17) is 0 Å². The largest absolute Gasteiger partial charge is 0.393 e. The average Bonchev–Trinajstić information content (AvgIpc) is 3.06. The smallest absolute Gasteiger partial charge is 0.0543 e. The van der Waals surface area contributed by atoms with Gasteiger partial charge < -0.3 is 5.11 Å². The fourth-order valence-electron chi connectivity index (χ4n) is 8.68. The fourth-order valence-corrected chi connectivity index (χ4v) is 8.68. The van der Waals surface area contributed by atoms with Crippen molar-refractivity contribution in [1.82, 2.24) is 0 Å². The first-order valence-corrected chi connectivity index (χ1v) is 13.3. The van der Waals surface area contributed by atoms with Gasteiger partial charge in [-0.15, -0.1) is 0 Å². The molecule has 0 saturated heterocycles. The summed E-state index contributed by atoms with van der Waals surface area (Å²) in [6.07, 6.45) is 19.2. The number of aliphatic hydroxyl groups excluding tert-OH is 1. The van der Waals surface area contributed by atoms with E-state index in [0.29, 0.717) is 22.7 Å². The van der Waals surface area contributed by atoms with E-state index in [-0.39, 0.29) is 6.10 Å². The van der Waals surface area contributed by atoms with Gasteiger partial charge in [0.15, 0.2) is 0 Å². The Balaban J connectivity index is 1.53. The third-order valence-corrected chi connectivity index (χ3v) is 10.7. The molecule has 0 aliphatic heterocycles. The van der Waals surface area contributed by atoms with Gasteiger partial charge in [0.2, 0.25) is 0 Å². The molecule has 0 unspecified atom stereocenters. The van der Waals surface area contributed by atoms with Crippen LogP contribution in [0.1, 0.15) is 99.3 Å². The van der Waals surface area contributed by atoms with Crippen LogP contribution in [0.3, 0.4) is 0 Å². The Bertz CT molecular complexity index is 674. The van der Waals surface area contributed by atoms with E-state index in [9.17, 15) is 5.11 Å². The van der Waals surface area contributed by atoms with Gasteiger partial charge in [0.05, 0.1) is 6.10 Å². The van der Waals surface area contributed by atoms with Gasteiger partial charge in [0.25, 0.3) is 0 Å². The van der Waals surface area contributed by atoms with Gasteiger partial charge >= 0.3 is 0 Å². The first-order valence-electron chi connectivity index (χ1n) is 13.3. The zero-order valence-corrected chi connectivity index (χ0v) is 20.7. The van der Waals surface area contributed by atoms with E-state index in [2.05, 4.69) is 59.8 Å². The molecule has 30 heavy (non-hydrogen) atoms. The van der Waals surface area contributed by atoms with Crippen LogP contribution in [0.5, 0.6) is 0 Å².